The SMILES string of the molecule is Cl.NCC1(CC(=O)N2CCC(OCc3ccccc3)CC2)CCCCC1. The van der Waals surface area contributed by atoms with Crippen molar-refractivity contribution in [3.8, 4) is 0 Å². The number of piperidine rings is 1. The van der Waals surface area contributed by atoms with E-state index in [-0.39, 0.29) is 23.9 Å². The second kappa shape index (κ2) is 10.3. The van der Waals surface area contributed by atoms with Crippen LogP contribution in [0.4, 0.5) is 0 Å². The zero-order valence-electron chi connectivity index (χ0n) is 15.7. The normalized spacial score (nSPS) is 20.4. The molecule has 0 atom stereocenters. The maximum atomic E-state index is 12.7. The van der Waals surface area contributed by atoms with Crippen LogP contribution in [0.5, 0.6) is 0 Å². The first-order chi connectivity index (χ1) is 12.2. The van der Waals surface area contributed by atoms with Crippen LogP contribution in [0.25, 0.3) is 0 Å². The number of ether oxygens (including phenoxy) is 1. The Bertz CT molecular complexity index is 538. The molecule has 146 valence electrons. The molecule has 1 amide bonds. The summed E-state index contributed by atoms with van der Waals surface area (Å²) in [6.07, 6.45) is 8.75. The number of carbonyl (C=O) groups is 1. The van der Waals surface area contributed by atoms with E-state index in [0.29, 0.717) is 25.5 Å². The first-order valence-electron chi connectivity index (χ1n) is 9.84. The predicted octanol–water partition coefficient (Wildman–Crippen LogP) is 3.92. The van der Waals surface area contributed by atoms with E-state index in [0.717, 1.165) is 38.8 Å². The van der Waals surface area contributed by atoms with Gasteiger partial charge >= 0.3 is 0 Å². The molecule has 1 heterocycles. The van der Waals surface area contributed by atoms with Gasteiger partial charge < -0.3 is 15.4 Å². The zero-order valence-corrected chi connectivity index (χ0v) is 16.5. The summed E-state index contributed by atoms with van der Waals surface area (Å²) < 4.78 is 6.03. The monoisotopic (exact) mass is 380 g/mol. The van der Waals surface area contributed by atoms with Crippen LogP contribution in [-0.4, -0.2) is 36.5 Å². The third-order valence-electron chi connectivity index (χ3n) is 6.00. The topological polar surface area (TPSA) is 55.6 Å². The lowest BCUT2D eigenvalue weighted by atomic mass is 9.71. The number of hydrogen-bond acceptors (Lipinski definition) is 3. The largest absolute Gasteiger partial charge is 0.373 e. The maximum absolute atomic E-state index is 12.7. The zero-order chi connectivity index (χ0) is 17.5. The van der Waals surface area contributed by atoms with E-state index < -0.39 is 0 Å². The summed E-state index contributed by atoms with van der Waals surface area (Å²) in [6, 6.07) is 10.3. The molecule has 1 aliphatic carbocycles. The summed E-state index contributed by atoms with van der Waals surface area (Å²) in [5.74, 6) is 0.300. The first-order valence-corrected chi connectivity index (χ1v) is 9.84. The van der Waals surface area contributed by atoms with Gasteiger partial charge in [0.05, 0.1) is 12.7 Å². The average molecular weight is 381 g/mol. The fourth-order valence-electron chi connectivity index (χ4n) is 4.25. The highest BCUT2D eigenvalue weighted by Gasteiger charge is 2.35. The van der Waals surface area contributed by atoms with E-state index in [1.807, 2.05) is 23.1 Å². The summed E-state index contributed by atoms with van der Waals surface area (Å²) >= 11 is 0. The van der Waals surface area contributed by atoms with E-state index in [9.17, 15) is 4.79 Å². The van der Waals surface area contributed by atoms with Gasteiger partial charge in [0.2, 0.25) is 5.91 Å². The second-order valence-corrected chi connectivity index (χ2v) is 7.82. The Balaban J connectivity index is 0.00000243. The van der Waals surface area contributed by atoms with Crippen LogP contribution in [0, 0.1) is 5.41 Å². The van der Waals surface area contributed by atoms with Crippen molar-refractivity contribution in [2.75, 3.05) is 19.6 Å². The lowest BCUT2D eigenvalue weighted by Crippen LogP contribution is -2.44. The van der Waals surface area contributed by atoms with E-state index in [1.165, 1.54) is 24.8 Å². The molecule has 0 unspecified atom stereocenters. The summed E-state index contributed by atoms with van der Waals surface area (Å²) in [4.78, 5) is 14.8. The number of amides is 1. The highest BCUT2D eigenvalue weighted by Crippen LogP contribution is 2.39. The van der Waals surface area contributed by atoms with Crippen LogP contribution < -0.4 is 5.73 Å². The molecular weight excluding hydrogens is 348 g/mol. The summed E-state index contributed by atoms with van der Waals surface area (Å²) in [6.45, 7) is 2.95. The van der Waals surface area contributed by atoms with E-state index >= 15 is 0 Å². The molecular formula is C21H33ClN2O2. The Hall–Kier alpha value is -1.10. The molecule has 1 aromatic rings. The number of nitrogens with two attached hydrogens (primary N) is 1. The molecule has 1 saturated carbocycles. The van der Waals surface area contributed by atoms with Gasteiger partial charge in [0.15, 0.2) is 0 Å². The molecule has 2 aliphatic rings. The predicted molar refractivity (Wildman–Crippen MR) is 107 cm³/mol. The first kappa shape index (κ1) is 21.2. The minimum Gasteiger partial charge on any atom is -0.373 e. The molecule has 3 rings (SSSR count). The van der Waals surface area contributed by atoms with Gasteiger partial charge in [-0.15, -0.1) is 12.4 Å². The molecule has 5 heteroatoms. The van der Waals surface area contributed by atoms with E-state index in [1.54, 1.807) is 0 Å². The molecule has 0 radical (unpaired) electrons. The van der Waals surface area contributed by atoms with Crippen molar-refractivity contribution >= 4 is 18.3 Å². The van der Waals surface area contributed by atoms with Gasteiger partial charge in [0.1, 0.15) is 0 Å². The molecule has 0 aromatic heterocycles. The fraction of sp³-hybridized carbons (Fsp3) is 0.667. The summed E-state index contributed by atoms with van der Waals surface area (Å²) in [5, 5.41) is 0. The van der Waals surface area contributed by atoms with Crippen molar-refractivity contribution in [3.63, 3.8) is 0 Å². The summed E-state index contributed by atoms with van der Waals surface area (Å²) in [7, 11) is 0. The Morgan fingerprint density at radius 2 is 1.77 bits per heavy atom. The van der Waals surface area contributed by atoms with Crippen molar-refractivity contribution in [2.45, 2.75) is 64.1 Å². The molecule has 1 aliphatic heterocycles. The lowest BCUT2D eigenvalue weighted by molar-refractivity contribution is -0.137. The number of nitrogens with zero attached hydrogens (tertiary/aromatic N) is 1. The minimum atomic E-state index is 0. The molecule has 2 fully saturated rings. The van der Waals surface area contributed by atoms with Gasteiger partial charge in [-0.25, -0.2) is 0 Å². The molecule has 26 heavy (non-hydrogen) atoms. The number of benzene rings is 1. The van der Waals surface area contributed by atoms with Crippen molar-refractivity contribution in [1.29, 1.82) is 0 Å². The molecule has 0 spiro atoms. The third kappa shape index (κ3) is 5.70. The van der Waals surface area contributed by atoms with Gasteiger partial charge in [-0.2, -0.15) is 0 Å². The maximum Gasteiger partial charge on any atom is 0.223 e. The van der Waals surface area contributed by atoms with Gasteiger partial charge in [-0.05, 0) is 43.2 Å². The Labute approximate surface area is 163 Å². The summed E-state index contributed by atoms with van der Waals surface area (Å²) in [5.41, 5.74) is 7.32. The van der Waals surface area contributed by atoms with Crippen LogP contribution in [-0.2, 0) is 16.1 Å². The van der Waals surface area contributed by atoms with Gasteiger partial charge in [-0.1, -0.05) is 49.6 Å². The second-order valence-electron chi connectivity index (χ2n) is 7.82. The van der Waals surface area contributed by atoms with E-state index in [4.69, 9.17) is 10.5 Å². The molecule has 4 nitrogen and oxygen atoms in total. The Morgan fingerprint density at radius 1 is 1.12 bits per heavy atom. The van der Waals surface area contributed by atoms with Crippen LogP contribution in [0.1, 0.15) is 56.9 Å². The Morgan fingerprint density at radius 3 is 2.38 bits per heavy atom. The highest BCUT2D eigenvalue weighted by atomic mass is 35.5. The van der Waals surface area contributed by atoms with Crippen molar-refractivity contribution < 1.29 is 9.53 Å². The molecule has 2 N–H and O–H groups in total. The van der Waals surface area contributed by atoms with Gasteiger partial charge in [0.25, 0.3) is 0 Å². The van der Waals surface area contributed by atoms with Gasteiger partial charge in [0, 0.05) is 19.5 Å². The number of halogens is 1. The smallest absolute Gasteiger partial charge is 0.223 e. The van der Waals surface area contributed by atoms with Crippen LogP contribution in [0.3, 0.4) is 0 Å². The van der Waals surface area contributed by atoms with Crippen molar-refractivity contribution in [2.24, 2.45) is 11.1 Å². The lowest BCUT2D eigenvalue weighted by Gasteiger charge is -2.39. The van der Waals surface area contributed by atoms with Gasteiger partial charge in [-0.3, -0.25) is 4.79 Å². The minimum absolute atomic E-state index is 0. The van der Waals surface area contributed by atoms with Crippen molar-refractivity contribution in [3.05, 3.63) is 35.9 Å². The standard InChI is InChI=1S/C21H32N2O2.ClH/c22-17-21(11-5-2-6-12-21)15-20(24)23-13-9-19(10-14-23)25-16-18-7-3-1-4-8-18;/h1,3-4,7-8,19H,2,5-6,9-17,22H2;1H. The number of carbonyl (C=O) groups excluding carboxylic acids is 1. The average Bonchev–Trinajstić information content (AvgIpc) is 2.68. The third-order valence-corrected chi connectivity index (χ3v) is 6.00. The number of likely N-dealkylation sites (tertiary alicyclic amines) is 1. The molecule has 0 bridgehead atoms. The van der Waals surface area contributed by atoms with Crippen LogP contribution in [0.2, 0.25) is 0 Å². The van der Waals surface area contributed by atoms with Crippen LogP contribution >= 0.6 is 12.4 Å². The molecule has 1 saturated heterocycles. The van der Waals surface area contributed by atoms with E-state index in [2.05, 4.69) is 12.1 Å². The Kier molecular flexibility index (Phi) is 8.39. The number of hydrogen-bond donors (Lipinski definition) is 1. The fourth-order valence-corrected chi connectivity index (χ4v) is 4.25. The van der Waals surface area contributed by atoms with Crippen molar-refractivity contribution in [1.82, 2.24) is 4.90 Å². The number of rotatable bonds is 6. The quantitative estimate of drug-likeness (QED) is 0.813. The molecule has 1 aromatic carbocycles. The van der Waals surface area contributed by atoms with Crippen LogP contribution in [0.15, 0.2) is 30.3 Å². The highest BCUT2D eigenvalue weighted by molar-refractivity contribution is 5.85.